The van der Waals surface area contributed by atoms with Crippen molar-refractivity contribution in [3.8, 4) is 5.88 Å². The number of carboxylic acid groups (broad SMARTS) is 1. The maximum atomic E-state index is 14.2. The molecule has 2 aromatic heterocycles. The first-order chi connectivity index (χ1) is 19.2. The van der Waals surface area contributed by atoms with E-state index in [2.05, 4.69) is 19.7 Å². The van der Waals surface area contributed by atoms with Gasteiger partial charge >= 0.3 is 16.2 Å². The molecule has 1 fully saturated rings. The summed E-state index contributed by atoms with van der Waals surface area (Å²) in [5.41, 5.74) is 0.998. The van der Waals surface area contributed by atoms with Crippen molar-refractivity contribution in [3.05, 3.63) is 66.0 Å². The zero-order valence-corrected chi connectivity index (χ0v) is 23.2. The Morgan fingerprint density at radius 3 is 2.55 bits per heavy atom. The van der Waals surface area contributed by atoms with E-state index in [0.29, 0.717) is 19.5 Å². The fourth-order valence-electron chi connectivity index (χ4n) is 3.96. The second-order valence-electron chi connectivity index (χ2n) is 8.81. The molecular weight excluding hydrogens is 566 g/mol. The van der Waals surface area contributed by atoms with Gasteiger partial charge in [0.05, 0.1) is 0 Å². The molecule has 214 valence electrons. The highest BCUT2D eigenvalue weighted by atomic mass is 32.2. The van der Waals surface area contributed by atoms with E-state index in [1.165, 1.54) is 22.5 Å². The van der Waals surface area contributed by atoms with E-state index in [9.17, 15) is 27.1 Å². The van der Waals surface area contributed by atoms with Gasteiger partial charge in [0.15, 0.2) is 22.9 Å². The predicted molar refractivity (Wildman–Crippen MR) is 145 cm³/mol. The monoisotopic (exact) mass is 594 g/mol. The number of hydrogen-bond donors (Lipinski definition) is 2. The van der Waals surface area contributed by atoms with Gasteiger partial charge in [0.2, 0.25) is 5.88 Å². The standard InChI is InChI=1S/C25H28F2N6O5S2/c1-2-4-20(24(34)35)38-22-15-21(29-25(30-22)39-16-17-5-3-6-19(26)23(17)27)31-40(36,37)33-13-11-32(12-14-33)18-7-9-28-10-8-18/h3,5-10,15,20H,2,4,11-14,16H2,1H3,(H,34,35)(H,29,30,31)/t20-/m1/s1. The summed E-state index contributed by atoms with van der Waals surface area (Å²) < 4.78 is 63.5. The Morgan fingerprint density at radius 1 is 1.15 bits per heavy atom. The molecule has 0 bridgehead atoms. The zero-order chi connectivity index (χ0) is 28.7. The average Bonchev–Trinajstić information content (AvgIpc) is 2.94. The van der Waals surface area contributed by atoms with Crippen LogP contribution in [-0.4, -0.2) is 71.0 Å². The molecule has 1 aromatic carbocycles. The van der Waals surface area contributed by atoms with Crippen LogP contribution in [0.1, 0.15) is 25.3 Å². The highest BCUT2D eigenvalue weighted by molar-refractivity contribution is 7.98. The second kappa shape index (κ2) is 13.2. The van der Waals surface area contributed by atoms with Gasteiger partial charge in [-0.3, -0.25) is 9.71 Å². The van der Waals surface area contributed by atoms with Gasteiger partial charge in [0.1, 0.15) is 5.82 Å². The minimum Gasteiger partial charge on any atom is -0.479 e. The minimum atomic E-state index is -4.05. The van der Waals surface area contributed by atoms with Crippen LogP contribution in [0.4, 0.5) is 20.3 Å². The van der Waals surface area contributed by atoms with E-state index >= 15 is 0 Å². The molecule has 2 N–H and O–H groups in total. The highest BCUT2D eigenvalue weighted by Crippen LogP contribution is 2.27. The first-order valence-corrected chi connectivity index (χ1v) is 14.9. The summed E-state index contributed by atoms with van der Waals surface area (Å²) in [6, 6.07) is 8.67. The highest BCUT2D eigenvalue weighted by Gasteiger charge is 2.28. The molecule has 0 aliphatic carbocycles. The number of benzene rings is 1. The fourth-order valence-corrected chi connectivity index (χ4v) is 5.93. The SMILES string of the molecule is CCC[C@@H](Oc1cc(NS(=O)(=O)N2CCN(c3ccncc3)CC2)nc(SCc2cccc(F)c2F)n1)C(=O)O. The molecular formula is C25H28F2N6O5S2. The van der Waals surface area contributed by atoms with Crippen molar-refractivity contribution in [1.29, 1.82) is 0 Å². The van der Waals surface area contributed by atoms with Gasteiger partial charge in [-0.15, -0.1) is 0 Å². The number of carboxylic acids is 1. The van der Waals surface area contributed by atoms with Crippen LogP contribution in [-0.2, 0) is 20.8 Å². The third-order valence-corrected chi connectivity index (χ3v) is 8.41. The van der Waals surface area contributed by atoms with Crippen molar-refractivity contribution in [3.63, 3.8) is 0 Å². The summed E-state index contributed by atoms with van der Waals surface area (Å²) >= 11 is 0.917. The number of halogens is 2. The number of rotatable bonds is 12. The van der Waals surface area contributed by atoms with Crippen LogP contribution in [0.25, 0.3) is 0 Å². The summed E-state index contributed by atoms with van der Waals surface area (Å²) in [5.74, 6) is -3.60. The van der Waals surface area contributed by atoms with Crippen LogP contribution in [0.15, 0.2) is 53.9 Å². The van der Waals surface area contributed by atoms with E-state index in [1.54, 1.807) is 19.3 Å². The van der Waals surface area contributed by atoms with Gasteiger partial charge in [-0.2, -0.15) is 17.7 Å². The maximum Gasteiger partial charge on any atom is 0.344 e. The molecule has 15 heteroatoms. The summed E-state index contributed by atoms with van der Waals surface area (Å²) in [5, 5.41) is 9.48. The van der Waals surface area contributed by atoms with Crippen molar-refractivity contribution in [2.24, 2.45) is 0 Å². The van der Waals surface area contributed by atoms with Crippen molar-refractivity contribution in [2.45, 2.75) is 36.8 Å². The van der Waals surface area contributed by atoms with Gasteiger partial charge in [0.25, 0.3) is 0 Å². The van der Waals surface area contributed by atoms with Crippen molar-refractivity contribution < 1.29 is 31.8 Å². The molecule has 1 saturated heterocycles. The number of ether oxygens (including phenoxy) is 1. The smallest absolute Gasteiger partial charge is 0.344 e. The van der Waals surface area contributed by atoms with Gasteiger partial charge in [-0.05, 0) is 24.6 Å². The third-order valence-electron chi connectivity index (χ3n) is 6.00. The van der Waals surface area contributed by atoms with E-state index in [4.69, 9.17) is 4.74 Å². The number of aromatic nitrogens is 3. The molecule has 1 atom stereocenters. The molecule has 3 aromatic rings. The van der Waals surface area contributed by atoms with Gasteiger partial charge in [-0.1, -0.05) is 37.2 Å². The van der Waals surface area contributed by atoms with Crippen LogP contribution >= 0.6 is 11.8 Å². The molecule has 0 unspecified atom stereocenters. The Hall–Kier alpha value is -3.56. The molecule has 1 aliphatic rings. The van der Waals surface area contributed by atoms with E-state index in [0.717, 1.165) is 23.5 Å². The number of thioether (sulfide) groups is 1. The minimum absolute atomic E-state index is 0.0120. The Kier molecular flexibility index (Phi) is 9.71. The van der Waals surface area contributed by atoms with Crippen LogP contribution in [0.2, 0.25) is 0 Å². The molecule has 0 spiro atoms. The van der Waals surface area contributed by atoms with Crippen molar-refractivity contribution in [1.82, 2.24) is 19.3 Å². The maximum absolute atomic E-state index is 14.2. The largest absolute Gasteiger partial charge is 0.479 e. The summed E-state index contributed by atoms with van der Waals surface area (Å²) in [6.45, 7) is 3.14. The molecule has 11 nitrogen and oxygen atoms in total. The summed E-state index contributed by atoms with van der Waals surface area (Å²) in [6.07, 6.45) is 2.83. The molecule has 4 rings (SSSR count). The summed E-state index contributed by atoms with van der Waals surface area (Å²) in [4.78, 5) is 26.1. The van der Waals surface area contributed by atoms with Crippen LogP contribution in [0, 0.1) is 11.6 Å². The van der Waals surface area contributed by atoms with Gasteiger partial charge in [0, 0.05) is 61.6 Å². The Balaban J connectivity index is 1.53. The van der Waals surface area contributed by atoms with E-state index in [1.807, 2.05) is 17.0 Å². The van der Waals surface area contributed by atoms with Crippen molar-refractivity contribution in [2.75, 3.05) is 35.8 Å². The lowest BCUT2D eigenvalue weighted by Gasteiger charge is -2.35. The number of nitrogens with one attached hydrogen (secondary N) is 1. The van der Waals surface area contributed by atoms with Crippen LogP contribution in [0.5, 0.6) is 5.88 Å². The lowest BCUT2D eigenvalue weighted by molar-refractivity contribution is -0.145. The number of aliphatic carboxylic acids is 1. The molecule has 0 saturated carbocycles. The normalized spacial score (nSPS) is 15.0. The Morgan fingerprint density at radius 2 is 1.88 bits per heavy atom. The predicted octanol–water partition coefficient (Wildman–Crippen LogP) is 3.55. The molecule has 1 aliphatic heterocycles. The lowest BCUT2D eigenvalue weighted by atomic mass is 10.2. The van der Waals surface area contributed by atoms with Gasteiger partial charge < -0.3 is 14.7 Å². The first-order valence-electron chi connectivity index (χ1n) is 12.4. The molecule has 0 amide bonds. The quantitative estimate of drug-likeness (QED) is 0.237. The van der Waals surface area contributed by atoms with E-state index < -0.39 is 33.9 Å². The average molecular weight is 595 g/mol. The number of hydrogen-bond acceptors (Lipinski definition) is 9. The topological polar surface area (TPSA) is 138 Å². The van der Waals surface area contributed by atoms with Gasteiger partial charge in [-0.25, -0.2) is 18.6 Å². The van der Waals surface area contributed by atoms with Crippen molar-refractivity contribution >= 4 is 39.4 Å². The molecule has 40 heavy (non-hydrogen) atoms. The van der Waals surface area contributed by atoms with Crippen LogP contribution in [0.3, 0.4) is 0 Å². The number of nitrogens with zero attached hydrogens (tertiary/aromatic N) is 5. The lowest BCUT2D eigenvalue weighted by Crippen LogP contribution is -2.50. The van der Waals surface area contributed by atoms with Crippen LogP contribution < -0.4 is 14.4 Å². The number of piperazine rings is 1. The first kappa shape index (κ1) is 29.4. The molecule has 0 radical (unpaired) electrons. The number of anilines is 2. The fraction of sp³-hybridized carbons (Fsp3) is 0.360. The number of carbonyl (C=O) groups is 1. The number of pyridine rings is 1. The Bertz CT molecular complexity index is 1430. The zero-order valence-electron chi connectivity index (χ0n) is 21.5. The second-order valence-corrected chi connectivity index (χ2v) is 11.4. The molecule has 3 heterocycles. The van der Waals surface area contributed by atoms with E-state index in [-0.39, 0.29) is 47.7 Å². The Labute approximate surface area is 234 Å². The third kappa shape index (κ3) is 7.55. The summed E-state index contributed by atoms with van der Waals surface area (Å²) in [7, 11) is -4.05.